The molecule has 7 heavy (non-hydrogen) atoms. The Hall–Kier alpha value is -0.401. The van der Waals surface area contributed by atoms with E-state index in [0.717, 1.165) is 6.08 Å². The van der Waals surface area contributed by atoms with Crippen molar-refractivity contribution >= 4 is 12.1 Å². The van der Waals surface area contributed by atoms with E-state index in [1.807, 2.05) is 0 Å². The van der Waals surface area contributed by atoms with Crippen LogP contribution in [0.5, 0.6) is 0 Å². The van der Waals surface area contributed by atoms with Crippen LogP contribution in [0.15, 0.2) is 12.7 Å². The number of ketones is 1. The van der Waals surface area contributed by atoms with E-state index in [0.29, 0.717) is 0 Å². The van der Waals surface area contributed by atoms with Gasteiger partial charge in [0.05, 0.1) is 0 Å². The number of rotatable bonds is 2. The Morgan fingerprint density at radius 1 is 1.57 bits per heavy atom. The first-order valence-corrected chi connectivity index (χ1v) is 1.43. The Bertz CT molecular complexity index is 77.7. The molecule has 0 heterocycles. The minimum absolute atomic E-state index is 0. The van der Waals surface area contributed by atoms with Gasteiger partial charge in [-0.2, -0.15) is 0 Å². The van der Waals surface area contributed by atoms with E-state index < -0.39 is 5.78 Å². The van der Waals surface area contributed by atoms with Crippen LogP contribution in [0.25, 0.3) is 0 Å². The van der Waals surface area contributed by atoms with Gasteiger partial charge in [0.1, 0.15) is 0 Å². The maximum atomic E-state index is 9.69. The number of carbonyl (C=O) groups is 2. The third-order valence-electron chi connectivity index (χ3n) is 0.317. The van der Waals surface area contributed by atoms with Crippen molar-refractivity contribution in [3.63, 3.8) is 0 Å². The van der Waals surface area contributed by atoms with Crippen LogP contribution in [-0.4, -0.2) is 12.1 Å². The largest absolute Gasteiger partial charge is 0.294 e. The Labute approximate surface area is 52.1 Å². The average Bonchev–Trinajstić information content (AvgIpc) is 1.65. The summed E-state index contributed by atoms with van der Waals surface area (Å²) in [5.74, 6) is -0.574. The van der Waals surface area contributed by atoms with E-state index in [9.17, 15) is 9.59 Å². The molecule has 0 aliphatic carbocycles. The van der Waals surface area contributed by atoms with Crippen molar-refractivity contribution in [1.82, 2.24) is 0 Å². The van der Waals surface area contributed by atoms with E-state index >= 15 is 0 Å². The molecule has 0 aromatic carbocycles. The molecule has 0 N–H and O–H groups in total. The van der Waals surface area contributed by atoms with Crippen molar-refractivity contribution in [2.45, 2.75) is 0 Å². The van der Waals surface area contributed by atoms with Crippen LogP contribution in [0.1, 0.15) is 0 Å². The molecule has 0 unspecified atom stereocenters. The quantitative estimate of drug-likeness (QED) is 0.237. The van der Waals surface area contributed by atoms with Crippen molar-refractivity contribution in [1.29, 1.82) is 0 Å². The van der Waals surface area contributed by atoms with Crippen LogP contribution in [0.2, 0.25) is 0 Å². The molecule has 0 saturated heterocycles. The number of hydrogen-bond acceptors (Lipinski definition) is 2. The van der Waals surface area contributed by atoms with Crippen molar-refractivity contribution in [2.24, 2.45) is 0 Å². The summed E-state index contributed by atoms with van der Waals surface area (Å²) < 4.78 is 0. The van der Waals surface area contributed by atoms with Crippen LogP contribution < -0.4 is 0 Å². The van der Waals surface area contributed by atoms with Crippen molar-refractivity contribution in [3.8, 4) is 0 Å². The van der Waals surface area contributed by atoms with Gasteiger partial charge in [-0.25, -0.2) is 0 Å². The zero-order valence-electron chi connectivity index (χ0n) is 3.48. The number of hydrogen-bond donors (Lipinski definition) is 0. The normalized spacial score (nSPS) is 5.71. The van der Waals surface area contributed by atoms with Crippen LogP contribution in [0.4, 0.5) is 0 Å². The third-order valence-corrected chi connectivity index (χ3v) is 0.317. The first kappa shape index (κ1) is 9.78. The van der Waals surface area contributed by atoms with Crippen LogP contribution >= 0.6 is 0 Å². The van der Waals surface area contributed by atoms with Gasteiger partial charge in [-0.1, -0.05) is 6.58 Å². The predicted octanol–water partition coefficient (Wildman–Crippen LogP) is -0.0621. The molecule has 3 heteroatoms. The summed E-state index contributed by atoms with van der Waals surface area (Å²) in [6.45, 7) is 3.05. The Morgan fingerprint density at radius 2 is 2.00 bits per heavy atom. The van der Waals surface area contributed by atoms with Crippen LogP contribution in [0, 0.1) is 0 Å². The molecule has 1 radical (unpaired) electrons. The van der Waals surface area contributed by atoms with Crippen molar-refractivity contribution in [2.75, 3.05) is 0 Å². The van der Waals surface area contributed by atoms with Crippen LogP contribution in [0.3, 0.4) is 0 Å². The molecule has 0 aromatic rings. The molecule has 0 atom stereocenters. The fraction of sp³-hybridized carbons (Fsp3) is 0. The molecule has 0 fully saturated rings. The SMILES string of the molecule is C=CC(=O)C=O.[Cu]. The monoisotopic (exact) mass is 147 g/mol. The maximum Gasteiger partial charge on any atom is 0.217 e. The average molecular weight is 148 g/mol. The number of carbonyl (C=O) groups excluding carboxylic acids is 2. The molecular weight excluding hydrogens is 144 g/mol. The molecule has 2 nitrogen and oxygen atoms in total. The maximum absolute atomic E-state index is 9.69. The molecule has 0 aliphatic rings. The number of allylic oxidation sites excluding steroid dienone is 1. The summed E-state index contributed by atoms with van der Waals surface area (Å²) in [5.41, 5.74) is 0. The second-order valence-electron chi connectivity index (χ2n) is 0.724. The van der Waals surface area contributed by atoms with Gasteiger partial charge < -0.3 is 0 Å². The molecule has 0 aliphatic heterocycles. The molecule has 0 saturated carbocycles. The fourth-order valence-electron chi connectivity index (χ4n) is 0.0481. The Balaban J connectivity index is 0. The summed E-state index contributed by atoms with van der Waals surface area (Å²) in [4.78, 5) is 19.0. The zero-order valence-corrected chi connectivity index (χ0v) is 4.42. The molecular formula is C4H4CuO2. The molecule has 0 aromatic heterocycles. The molecule has 0 bridgehead atoms. The third kappa shape index (κ3) is 5.60. The van der Waals surface area contributed by atoms with Gasteiger partial charge in [0.25, 0.3) is 0 Å². The fourth-order valence-corrected chi connectivity index (χ4v) is 0.0481. The van der Waals surface area contributed by atoms with Gasteiger partial charge in [0.15, 0.2) is 6.29 Å². The van der Waals surface area contributed by atoms with Gasteiger partial charge in [0.2, 0.25) is 5.78 Å². The second kappa shape index (κ2) is 5.60. The van der Waals surface area contributed by atoms with E-state index in [4.69, 9.17) is 0 Å². The summed E-state index contributed by atoms with van der Waals surface area (Å²) in [6.07, 6.45) is 1.18. The Morgan fingerprint density at radius 3 is 2.00 bits per heavy atom. The predicted molar refractivity (Wildman–Crippen MR) is 21.3 cm³/mol. The molecule has 0 amide bonds. The summed E-state index contributed by atoms with van der Waals surface area (Å²) in [6, 6.07) is 0. The molecule has 0 rings (SSSR count). The first-order chi connectivity index (χ1) is 2.81. The van der Waals surface area contributed by atoms with E-state index in [2.05, 4.69) is 6.58 Å². The zero-order chi connectivity index (χ0) is 4.99. The smallest absolute Gasteiger partial charge is 0.217 e. The summed E-state index contributed by atoms with van der Waals surface area (Å²) >= 11 is 0. The van der Waals surface area contributed by atoms with E-state index in [1.54, 1.807) is 0 Å². The minimum atomic E-state index is -0.574. The van der Waals surface area contributed by atoms with Crippen molar-refractivity contribution < 1.29 is 26.7 Å². The molecule has 0 spiro atoms. The standard InChI is InChI=1S/C4H4O2.Cu/c1-2-4(6)3-5;/h2-3H,1H2;. The van der Waals surface area contributed by atoms with Gasteiger partial charge >= 0.3 is 0 Å². The van der Waals surface area contributed by atoms with E-state index in [-0.39, 0.29) is 23.4 Å². The topological polar surface area (TPSA) is 34.1 Å². The van der Waals surface area contributed by atoms with Crippen molar-refractivity contribution in [3.05, 3.63) is 12.7 Å². The number of aldehydes is 1. The van der Waals surface area contributed by atoms with E-state index in [1.165, 1.54) is 0 Å². The Kier molecular flexibility index (Phi) is 7.82. The second-order valence-corrected chi connectivity index (χ2v) is 0.724. The van der Waals surface area contributed by atoms with Crippen LogP contribution in [-0.2, 0) is 26.7 Å². The minimum Gasteiger partial charge on any atom is -0.294 e. The van der Waals surface area contributed by atoms with Gasteiger partial charge in [0, 0.05) is 17.1 Å². The van der Waals surface area contributed by atoms with Gasteiger partial charge in [-0.3, -0.25) is 9.59 Å². The summed E-state index contributed by atoms with van der Waals surface area (Å²) in [5, 5.41) is 0. The van der Waals surface area contributed by atoms with Gasteiger partial charge in [-0.05, 0) is 6.08 Å². The molecule has 43 valence electrons. The first-order valence-electron chi connectivity index (χ1n) is 1.43. The summed E-state index contributed by atoms with van der Waals surface area (Å²) in [7, 11) is 0. The van der Waals surface area contributed by atoms with Gasteiger partial charge in [-0.15, -0.1) is 0 Å².